The van der Waals surface area contributed by atoms with Gasteiger partial charge < -0.3 is 14.6 Å². The van der Waals surface area contributed by atoms with Gasteiger partial charge in [-0.3, -0.25) is 20.2 Å². The van der Waals surface area contributed by atoms with Crippen molar-refractivity contribution < 1.29 is 34.0 Å². The van der Waals surface area contributed by atoms with Crippen molar-refractivity contribution in [2.45, 2.75) is 39.5 Å². The Balaban J connectivity index is 2.71. The highest BCUT2D eigenvalue weighted by molar-refractivity contribution is 6.09. The number of benzene rings is 2. The van der Waals surface area contributed by atoms with E-state index in [2.05, 4.69) is 0 Å². The van der Waals surface area contributed by atoms with Crippen molar-refractivity contribution >= 4 is 34.1 Å². The minimum Gasteiger partial charge on any atom is -0.501 e. The van der Waals surface area contributed by atoms with Crippen LogP contribution in [-0.2, 0) is 9.47 Å². The van der Waals surface area contributed by atoms with Gasteiger partial charge in [0, 0.05) is 6.07 Å². The van der Waals surface area contributed by atoms with Crippen LogP contribution in [0.4, 0.5) is 11.4 Å². The second-order valence-corrected chi connectivity index (χ2v) is 6.71. The maximum absolute atomic E-state index is 12.3. The lowest BCUT2D eigenvalue weighted by Gasteiger charge is -2.10. The van der Waals surface area contributed by atoms with Crippen LogP contribution in [-0.4, -0.2) is 40.1 Å². The van der Waals surface area contributed by atoms with Crippen LogP contribution in [0.5, 0.6) is 5.75 Å². The van der Waals surface area contributed by atoms with E-state index in [0.29, 0.717) is 12.8 Å². The van der Waals surface area contributed by atoms with E-state index >= 15 is 0 Å². The lowest BCUT2D eigenvalue weighted by molar-refractivity contribution is -0.390. The fourth-order valence-corrected chi connectivity index (χ4v) is 2.87. The first-order valence-corrected chi connectivity index (χ1v) is 9.69. The van der Waals surface area contributed by atoms with E-state index in [-0.39, 0.29) is 24.2 Å². The zero-order valence-corrected chi connectivity index (χ0v) is 17.1. The van der Waals surface area contributed by atoms with Gasteiger partial charge >= 0.3 is 17.6 Å². The number of nitrogens with zero attached hydrogens (tertiary/aromatic N) is 2. The summed E-state index contributed by atoms with van der Waals surface area (Å²) < 4.78 is 10.1. The first-order valence-electron chi connectivity index (χ1n) is 9.69. The molecular formula is C20H22N2O9. The Morgan fingerprint density at radius 2 is 1.52 bits per heavy atom. The molecule has 1 N–H and O–H groups in total. The lowest BCUT2D eigenvalue weighted by atomic mass is 9.99. The van der Waals surface area contributed by atoms with Crippen LogP contribution < -0.4 is 0 Å². The van der Waals surface area contributed by atoms with Gasteiger partial charge in [-0.15, -0.1) is 0 Å². The summed E-state index contributed by atoms with van der Waals surface area (Å²) in [5.74, 6) is -2.91. The molecule has 31 heavy (non-hydrogen) atoms. The minimum atomic E-state index is -1.04. The number of fused-ring (bicyclic) bond motifs is 1. The molecule has 11 heteroatoms. The summed E-state index contributed by atoms with van der Waals surface area (Å²) in [5.41, 5.74) is -2.52. The maximum atomic E-state index is 12.3. The third-order valence-electron chi connectivity index (χ3n) is 4.46. The summed E-state index contributed by atoms with van der Waals surface area (Å²) in [6.07, 6.45) is 2.63. The van der Waals surface area contributed by atoms with Crippen molar-refractivity contribution in [1.29, 1.82) is 0 Å². The second-order valence-electron chi connectivity index (χ2n) is 6.71. The number of unbranched alkanes of at least 4 members (excludes halogenated alkanes) is 2. The molecule has 0 radical (unpaired) electrons. The number of aromatic hydroxyl groups is 1. The summed E-state index contributed by atoms with van der Waals surface area (Å²) in [6, 6.07) is 3.02. The van der Waals surface area contributed by atoms with Crippen LogP contribution in [0.3, 0.4) is 0 Å². The molecule has 0 saturated carbocycles. The number of nitro benzene ring substituents is 2. The third kappa shape index (κ3) is 5.24. The van der Waals surface area contributed by atoms with E-state index in [9.17, 15) is 34.9 Å². The summed E-state index contributed by atoms with van der Waals surface area (Å²) in [4.78, 5) is 45.9. The molecule has 0 unspecified atom stereocenters. The molecule has 166 valence electrons. The number of non-ortho nitro benzene ring substituents is 1. The first-order chi connectivity index (χ1) is 14.7. The van der Waals surface area contributed by atoms with E-state index in [1.807, 2.05) is 13.8 Å². The monoisotopic (exact) mass is 434 g/mol. The van der Waals surface area contributed by atoms with Gasteiger partial charge in [-0.05, 0) is 30.4 Å². The van der Waals surface area contributed by atoms with Gasteiger partial charge in [0.05, 0.1) is 28.6 Å². The molecule has 2 aromatic rings. The Kier molecular flexibility index (Phi) is 7.83. The number of hydrogen-bond acceptors (Lipinski definition) is 9. The molecule has 2 rings (SSSR count). The fraction of sp³-hybridized carbons (Fsp3) is 0.400. The molecule has 0 amide bonds. The van der Waals surface area contributed by atoms with Crippen molar-refractivity contribution in [3.63, 3.8) is 0 Å². The maximum Gasteiger partial charge on any atom is 0.342 e. The van der Waals surface area contributed by atoms with Gasteiger partial charge in [0.1, 0.15) is 10.9 Å². The zero-order valence-electron chi connectivity index (χ0n) is 17.1. The number of phenols is 1. The lowest BCUT2D eigenvalue weighted by Crippen LogP contribution is -2.10. The van der Waals surface area contributed by atoms with Crippen molar-refractivity contribution in [2.75, 3.05) is 13.2 Å². The molecule has 0 aliphatic rings. The Morgan fingerprint density at radius 3 is 2.03 bits per heavy atom. The molecule has 0 aromatic heterocycles. The second kappa shape index (κ2) is 10.3. The first kappa shape index (κ1) is 23.5. The number of nitro groups is 2. The third-order valence-corrected chi connectivity index (χ3v) is 4.46. The smallest absolute Gasteiger partial charge is 0.342 e. The normalized spacial score (nSPS) is 10.6. The predicted molar refractivity (Wildman–Crippen MR) is 109 cm³/mol. The topological polar surface area (TPSA) is 159 Å². The highest BCUT2D eigenvalue weighted by atomic mass is 16.6. The molecule has 0 bridgehead atoms. The van der Waals surface area contributed by atoms with Crippen LogP contribution in [0, 0.1) is 20.2 Å². The molecule has 0 aliphatic heterocycles. The molecule has 2 aromatic carbocycles. The van der Waals surface area contributed by atoms with Crippen LogP contribution in [0.1, 0.15) is 60.2 Å². The van der Waals surface area contributed by atoms with Gasteiger partial charge in [0.25, 0.3) is 5.69 Å². The SMILES string of the molecule is CCCCOC(=O)c1cc([N+](=O)[O-])c2c([N+](=O)[O-])c(O)c(C(=O)OCCCC)cc2c1. The summed E-state index contributed by atoms with van der Waals surface area (Å²) in [7, 11) is 0. The van der Waals surface area contributed by atoms with Crippen molar-refractivity contribution in [1.82, 2.24) is 0 Å². The van der Waals surface area contributed by atoms with Crippen LogP contribution >= 0.6 is 0 Å². The van der Waals surface area contributed by atoms with E-state index in [4.69, 9.17) is 9.47 Å². The Labute approximate surface area is 176 Å². The number of carbonyl (C=O) groups is 2. The number of phenolic OH excluding ortho intramolecular Hbond substituents is 1. The van der Waals surface area contributed by atoms with E-state index < -0.39 is 49.9 Å². The Bertz CT molecular complexity index is 1030. The van der Waals surface area contributed by atoms with Gasteiger partial charge in [0.15, 0.2) is 0 Å². The molecule has 0 atom stereocenters. The van der Waals surface area contributed by atoms with E-state index in [0.717, 1.165) is 31.0 Å². The van der Waals surface area contributed by atoms with Crippen molar-refractivity contribution in [3.05, 3.63) is 49.6 Å². The highest BCUT2D eigenvalue weighted by Crippen LogP contribution is 2.43. The molecule has 0 saturated heterocycles. The van der Waals surface area contributed by atoms with Crippen molar-refractivity contribution in [2.24, 2.45) is 0 Å². The standard InChI is InChI=1S/C20H22N2O9/c1-3-5-7-30-19(24)13-9-12-10-14(20(25)31-8-6-4-2)18(23)17(22(28)29)16(12)15(11-13)21(26)27/h9-11,23H,3-8H2,1-2H3. The number of rotatable bonds is 10. The highest BCUT2D eigenvalue weighted by Gasteiger charge is 2.32. The van der Waals surface area contributed by atoms with Gasteiger partial charge in [-0.2, -0.15) is 0 Å². The minimum absolute atomic E-state index is 0.0323. The average molecular weight is 434 g/mol. The van der Waals surface area contributed by atoms with Crippen LogP contribution in [0.15, 0.2) is 18.2 Å². The molecule has 0 heterocycles. The number of ether oxygens (including phenoxy) is 2. The van der Waals surface area contributed by atoms with Gasteiger partial charge in [-0.1, -0.05) is 26.7 Å². The number of hydrogen-bond donors (Lipinski definition) is 1. The van der Waals surface area contributed by atoms with Crippen LogP contribution in [0.25, 0.3) is 10.8 Å². The zero-order chi connectivity index (χ0) is 23.1. The van der Waals surface area contributed by atoms with E-state index in [1.165, 1.54) is 0 Å². The van der Waals surface area contributed by atoms with Gasteiger partial charge in [-0.25, -0.2) is 9.59 Å². The molecular weight excluding hydrogens is 412 g/mol. The number of carbonyl (C=O) groups excluding carboxylic acids is 2. The number of esters is 2. The Hall–Kier alpha value is -3.76. The summed E-state index contributed by atoms with van der Waals surface area (Å²) >= 11 is 0. The van der Waals surface area contributed by atoms with Crippen LogP contribution in [0.2, 0.25) is 0 Å². The van der Waals surface area contributed by atoms with Crippen molar-refractivity contribution in [3.8, 4) is 5.75 Å². The summed E-state index contributed by atoms with van der Waals surface area (Å²) in [6.45, 7) is 3.89. The average Bonchev–Trinajstić information content (AvgIpc) is 2.72. The molecule has 0 spiro atoms. The largest absolute Gasteiger partial charge is 0.501 e. The van der Waals surface area contributed by atoms with Gasteiger partial charge in [0.2, 0.25) is 5.75 Å². The Morgan fingerprint density at radius 1 is 0.935 bits per heavy atom. The molecule has 11 nitrogen and oxygen atoms in total. The summed E-state index contributed by atoms with van der Waals surface area (Å²) in [5, 5.41) is 32.9. The molecule has 0 fully saturated rings. The quantitative estimate of drug-likeness (QED) is 0.249. The predicted octanol–water partition coefficient (Wildman–Crippen LogP) is 4.28. The molecule has 0 aliphatic carbocycles. The fourth-order valence-electron chi connectivity index (χ4n) is 2.87. The van der Waals surface area contributed by atoms with E-state index in [1.54, 1.807) is 0 Å².